The van der Waals surface area contributed by atoms with Gasteiger partial charge in [-0.2, -0.15) is 4.72 Å². The second-order valence-corrected chi connectivity index (χ2v) is 10.9. The van der Waals surface area contributed by atoms with Crippen LogP contribution in [-0.4, -0.2) is 59.5 Å². The number of aryl methyl sites for hydroxylation is 1. The van der Waals surface area contributed by atoms with Crippen molar-refractivity contribution >= 4 is 46.6 Å². The summed E-state index contributed by atoms with van der Waals surface area (Å²) in [5, 5.41) is 13.3. The second-order valence-electron chi connectivity index (χ2n) is 9.64. The molecule has 42 heavy (non-hydrogen) atoms. The van der Waals surface area contributed by atoms with Crippen LogP contribution in [0.15, 0.2) is 70.4 Å². The zero-order valence-electron chi connectivity index (χ0n) is 22.4. The maximum absolute atomic E-state index is 13.7. The molecule has 0 bridgehead atoms. The van der Waals surface area contributed by atoms with Gasteiger partial charge in [0.1, 0.15) is 18.1 Å². The fourth-order valence-electron chi connectivity index (χ4n) is 4.65. The Labute approximate surface area is 241 Å². The van der Waals surface area contributed by atoms with E-state index in [1.807, 2.05) is 0 Å². The molecule has 2 aliphatic heterocycles. The van der Waals surface area contributed by atoms with Gasteiger partial charge in [0.2, 0.25) is 11.2 Å². The van der Waals surface area contributed by atoms with Gasteiger partial charge in [-0.25, -0.2) is 4.79 Å². The first-order valence-corrected chi connectivity index (χ1v) is 13.7. The molecule has 0 radical (unpaired) electrons. The fraction of sp³-hybridized carbons (Fsp3) is 0.222. The molecule has 0 saturated carbocycles. The van der Waals surface area contributed by atoms with E-state index in [0.29, 0.717) is 16.9 Å². The second kappa shape index (κ2) is 11.1. The molecular formula is C27H23N5O9S. The number of benzene rings is 2. The number of fused-ring (bicyclic) bond motifs is 1. The molecule has 0 aliphatic carbocycles. The summed E-state index contributed by atoms with van der Waals surface area (Å²) in [4.78, 5) is 65.5. The molecule has 3 atom stereocenters. The molecular weight excluding hydrogens is 570 g/mol. The lowest BCUT2D eigenvalue weighted by molar-refractivity contribution is -0.384. The molecule has 1 fully saturated rings. The van der Waals surface area contributed by atoms with Gasteiger partial charge < -0.3 is 13.8 Å². The molecule has 1 saturated heterocycles. The van der Waals surface area contributed by atoms with Gasteiger partial charge >= 0.3 is 5.97 Å². The summed E-state index contributed by atoms with van der Waals surface area (Å²) in [5.41, 5.74) is 0.611. The van der Waals surface area contributed by atoms with Gasteiger partial charge in [0.25, 0.3) is 23.4 Å². The third-order valence-electron chi connectivity index (χ3n) is 6.60. The standard InChI is InChI=1S/C27H23N5O9S/c1-14(2)21(27(36)40-13-16-8-10-17(11-9-16)32(37)38)31-25(35)22(26(31)42(39)29-20-12-15(3)41-28-20)30-23(33)18-6-4-5-7-19(18)24(30)34/h4-12,22,26H,13H2,1-3H3,(H,28,29)/t22-,26-,42?/m1/s1. The van der Waals surface area contributed by atoms with Gasteiger partial charge in [0, 0.05) is 18.2 Å². The number of likely N-dealkylation sites (tertiary alicyclic amines) is 1. The summed E-state index contributed by atoms with van der Waals surface area (Å²) in [6, 6.07) is 11.4. The van der Waals surface area contributed by atoms with Gasteiger partial charge in [-0.3, -0.25) is 34.3 Å². The number of esters is 1. The molecule has 15 heteroatoms. The third kappa shape index (κ3) is 4.99. The first kappa shape index (κ1) is 28.5. The van der Waals surface area contributed by atoms with E-state index in [-0.39, 0.29) is 34.9 Å². The van der Waals surface area contributed by atoms with Gasteiger partial charge in [0.05, 0.1) is 27.4 Å². The lowest BCUT2D eigenvalue weighted by Gasteiger charge is -2.47. The van der Waals surface area contributed by atoms with Crippen LogP contribution >= 0.6 is 0 Å². The van der Waals surface area contributed by atoms with E-state index in [1.54, 1.807) is 32.9 Å². The molecule has 5 rings (SSSR count). The number of carbonyl (C=O) groups excluding carboxylic acids is 4. The van der Waals surface area contributed by atoms with E-state index >= 15 is 0 Å². The van der Waals surface area contributed by atoms with Crippen LogP contribution in [-0.2, 0) is 32.3 Å². The molecule has 1 N–H and O–H groups in total. The summed E-state index contributed by atoms with van der Waals surface area (Å²) in [6.07, 6.45) is 0. The highest BCUT2D eigenvalue weighted by atomic mass is 32.2. The number of allylic oxidation sites excluding steroid dienone is 1. The molecule has 2 aromatic carbocycles. The van der Waals surface area contributed by atoms with Gasteiger partial charge in [-0.05, 0) is 56.2 Å². The topological polar surface area (TPSA) is 188 Å². The van der Waals surface area contributed by atoms with Crippen LogP contribution in [0, 0.1) is 17.0 Å². The van der Waals surface area contributed by atoms with Crippen LogP contribution in [0.25, 0.3) is 0 Å². The minimum atomic E-state index is -2.21. The molecule has 1 unspecified atom stereocenters. The Bertz CT molecular complexity index is 1610. The Kier molecular flexibility index (Phi) is 7.53. The predicted octanol–water partition coefficient (Wildman–Crippen LogP) is 2.84. The first-order valence-electron chi connectivity index (χ1n) is 12.5. The maximum atomic E-state index is 13.7. The fourth-order valence-corrected chi connectivity index (χ4v) is 5.95. The number of nitro benzene ring substituents is 1. The lowest BCUT2D eigenvalue weighted by atomic mass is 10.0. The smallest absolute Gasteiger partial charge is 0.355 e. The average Bonchev–Trinajstić information content (AvgIpc) is 3.48. The summed E-state index contributed by atoms with van der Waals surface area (Å²) in [5.74, 6) is -2.73. The number of anilines is 1. The van der Waals surface area contributed by atoms with Crippen molar-refractivity contribution in [2.45, 2.75) is 38.8 Å². The monoisotopic (exact) mass is 593 g/mol. The number of nitrogens with one attached hydrogen (secondary N) is 1. The molecule has 3 amide bonds. The normalized spacial score (nSPS) is 18.3. The molecule has 216 valence electrons. The Balaban J connectivity index is 1.44. The highest BCUT2D eigenvalue weighted by molar-refractivity contribution is 7.93. The van der Waals surface area contributed by atoms with Crippen molar-refractivity contribution in [1.29, 1.82) is 0 Å². The number of β-lactam (4-membered cyclic amide) rings is 1. The minimum Gasteiger partial charge on any atom is -0.591 e. The number of rotatable bonds is 9. The van der Waals surface area contributed by atoms with Crippen LogP contribution in [0.5, 0.6) is 0 Å². The molecule has 14 nitrogen and oxygen atoms in total. The number of hydrogen-bond donors (Lipinski definition) is 1. The lowest BCUT2D eigenvalue weighted by Crippen LogP contribution is -2.74. The molecule has 0 spiro atoms. The largest absolute Gasteiger partial charge is 0.591 e. The number of amides is 3. The van der Waals surface area contributed by atoms with Crippen molar-refractivity contribution in [1.82, 2.24) is 15.0 Å². The quantitative estimate of drug-likeness (QED) is 0.0730. The number of carbonyl (C=O) groups is 4. The number of ether oxygens (including phenoxy) is 1. The molecule has 3 aromatic rings. The van der Waals surface area contributed by atoms with Crippen LogP contribution in [0.1, 0.15) is 45.9 Å². The number of non-ortho nitro benzene ring substituents is 1. The average molecular weight is 594 g/mol. The highest BCUT2D eigenvalue weighted by Gasteiger charge is 2.64. The van der Waals surface area contributed by atoms with Crippen molar-refractivity contribution in [2.24, 2.45) is 0 Å². The zero-order valence-corrected chi connectivity index (χ0v) is 23.2. The number of imide groups is 1. The van der Waals surface area contributed by atoms with Crippen molar-refractivity contribution in [3.63, 3.8) is 0 Å². The zero-order chi connectivity index (χ0) is 30.3. The Morgan fingerprint density at radius 3 is 2.24 bits per heavy atom. The van der Waals surface area contributed by atoms with Crippen molar-refractivity contribution in [3.8, 4) is 0 Å². The number of nitrogens with zero attached hydrogens (tertiary/aromatic N) is 4. The van der Waals surface area contributed by atoms with E-state index in [4.69, 9.17) is 9.26 Å². The SMILES string of the molecule is CC(C)=C(C(=O)OCc1ccc([N+](=O)[O-])cc1)N1C(=O)[C@@H](N2C(=O)c3ccccc3C2=O)[C@H]1[S+]([O-])Nc1cc(C)on1. The molecule has 1 aromatic heterocycles. The Morgan fingerprint density at radius 1 is 1.10 bits per heavy atom. The summed E-state index contributed by atoms with van der Waals surface area (Å²) < 4.78 is 26.7. The third-order valence-corrected chi connectivity index (χ3v) is 7.91. The van der Waals surface area contributed by atoms with Crippen LogP contribution in [0.3, 0.4) is 0 Å². The van der Waals surface area contributed by atoms with Gasteiger partial charge in [0.15, 0.2) is 6.04 Å². The van der Waals surface area contributed by atoms with E-state index in [2.05, 4.69) is 9.88 Å². The highest BCUT2D eigenvalue weighted by Crippen LogP contribution is 2.39. The molecule has 3 heterocycles. The van der Waals surface area contributed by atoms with Crippen molar-refractivity contribution in [2.75, 3.05) is 4.72 Å². The summed E-state index contributed by atoms with van der Waals surface area (Å²) >= 11 is -2.21. The van der Waals surface area contributed by atoms with Crippen LogP contribution < -0.4 is 4.72 Å². The summed E-state index contributed by atoms with van der Waals surface area (Å²) in [7, 11) is 0. The minimum absolute atomic E-state index is 0.0748. The maximum Gasteiger partial charge on any atom is 0.355 e. The van der Waals surface area contributed by atoms with Crippen LogP contribution in [0.2, 0.25) is 0 Å². The van der Waals surface area contributed by atoms with E-state index in [9.17, 15) is 33.8 Å². The number of nitro groups is 1. The van der Waals surface area contributed by atoms with E-state index in [1.165, 1.54) is 42.5 Å². The summed E-state index contributed by atoms with van der Waals surface area (Å²) in [6.45, 7) is 4.42. The van der Waals surface area contributed by atoms with E-state index in [0.717, 1.165) is 9.80 Å². The van der Waals surface area contributed by atoms with Crippen molar-refractivity contribution in [3.05, 3.63) is 98.4 Å². The Morgan fingerprint density at radius 2 is 1.71 bits per heavy atom. The number of hydrogen-bond acceptors (Lipinski definition) is 11. The first-order chi connectivity index (χ1) is 20.0. The van der Waals surface area contributed by atoms with Gasteiger partial charge in [-0.1, -0.05) is 17.3 Å². The van der Waals surface area contributed by atoms with Crippen LogP contribution in [0.4, 0.5) is 11.5 Å². The molecule has 2 aliphatic rings. The number of aromatic nitrogens is 1. The van der Waals surface area contributed by atoms with Gasteiger partial charge in [-0.15, -0.1) is 0 Å². The predicted molar refractivity (Wildman–Crippen MR) is 146 cm³/mol. The van der Waals surface area contributed by atoms with Crippen molar-refractivity contribution < 1.29 is 37.9 Å². The van der Waals surface area contributed by atoms with E-state index < -0.39 is 51.4 Å². The Hall–Kier alpha value is -5.02.